The lowest BCUT2D eigenvalue weighted by atomic mass is 9.94. The molecule has 0 aromatic heterocycles. The lowest BCUT2D eigenvalue weighted by Crippen LogP contribution is -2.59. The maximum Gasteiger partial charge on any atom is 0.409 e. The molecule has 2 aliphatic heterocycles. The maximum absolute atomic E-state index is 11.6. The minimum absolute atomic E-state index is 0.0795. The summed E-state index contributed by atoms with van der Waals surface area (Å²) in [5, 5.41) is 0. The molecule has 0 radical (unpaired) electrons. The number of esters is 1. The zero-order valence-electron chi connectivity index (χ0n) is 11.6. The molecule has 0 spiro atoms. The SMILES string of the molecule is CCOC(=O)N1CCC(N2CCC2C(=O)OC)CC1. The predicted molar refractivity (Wildman–Crippen MR) is 68.7 cm³/mol. The summed E-state index contributed by atoms with van der Waals surface area (Å²) in [4.78, 5) is 27.1. The summed E-state index contributed by atoms with van der Waals surface area (Å²) in [5.74, 6) is -0.140. The van der Waals surface area contributed by atoms with Crippen molar-refractivity contribution in [2.45, 2.75) is 38.3 Å². The molecule has 6 heteroatoms. The molecule has 6 nitrogen and oxygen atoms in total. The van der Waals surface area contributed by atoms with Crippen LogP contribution in [0.15, 0.2) is 0 Å². The van der Waals surface area contributed by atoms with Crippen molar-refractivity contribution >= 4 is 12.1 Å². The Bertz CT molecular complexity index is 340. The third-order valence-electron chi connectivity index (χ3n) is 3.99. The highest BCUT2D eigenvalue weighted by Crippen LogP contribution is 2.27. The minimum atomic E-state index is -0.228. The number of amides is 1. The highest BCUT2D eigenvalue weighted by atomic mass is 16.6. The van der Waals surface area contributed by atoms with Gasteiger partial charge in [0.25, 0.3) is 0 Å². The number of carbonyl (C=O) groups excluding carboxylic acids is 2. The van der Waals surface area contributed by atoms with Gasteiger partial charge in [-0.3, -0.25) is 9.69 Å². The molecule has 2 aliphatic rings. The van der Waals surface area contributed by atoms with Gasteiger partial charge in [-0.15, -0.1) is 0 Å². The molecule has 108 valence electrons. The highest BCUT2D eigenvalue weighted by molar-refractivity contribution is 5.76. The van der Waals surface area contributed by atoms with Gasteiger partial charge in [-0.2, -0.15) is 0 Å². The number of likely N-dealkylation sites (tertiary alicyclic amines) is 2. The topological polar surface area (TPSA) is 59.1 Å². The van der Waals surface area contributed by atoms with Gasteiger partial charge in [-0.25, -0.2) is 4.79 Å². The quantitative estimate of drug-likeness (QED) is 0.712. The van der Waals surface area contributed by atoms with Crippen LogP contribution in [0.2, 0.25) is 0 Å². The Labute approximate surface area is 113 Å². The van der Waals surface area contributed by atoms with E-state index in [9.17, 15) is 9.59 Å². The van der Waals surface area contributed by atoms with Crippen LogP contribution in [0, 0.1) is 0 Å². The second-order valence-electron chi connectivity index (χ2n) is 4.98. The molecule has 2 saturated heterocycles. The second kappa shape index (κ2) is 6.23. The zero-order valence-corrected chi connectivity index (χ0v) is 11.6. The van der Waals surface area contributed by atoms with Gasteiger partial charge in [-0.1, -0.05) is 0 Å². The Morgan fingerprint density at radius 1 is 1.16 bits per heavy atom. The summed E-state index contributed by atoms with van der Waals surface area (Å²) in [6, 6.07) is 0.299. The molecule has 2 rings (SSSR count). The van der Waals surface area contributed by atoms with Crippen LogP contribution in [0.25, 0.3) is 0 Å². The van der Waals surface area contributed by atoms with Gasteiger partial charge in [0.2, 0.25) is 0 Å². The fraction of sp³-hybridized carbons (Fsp3) is 0.846. The molecule has 0 saturated carbocycles. The number of carbonyl (C=O) groups is 2. The largest absolute Gasteiger partial charge is 0.468 e. The molecule has 0 aromatic rings. The van der Waals surface area contributed by atoms with Crippen molar-refractivity contribution in [2.24, 2.45) is 0 Å². The summed E-state index contributed by atoms with van der Waals surface area (Å²) in [7, 11) is 1.43. The number of ether oxygens (including phenoxy) is 2. The normalized spacial score (nSPS) is 24.7. The number of nitrogens with zero attached hydrogens (tertiary/aromatic N) is 2. The van der Waals surface area contributed by atoms with Crippen LogP contribution in [-0.4, -0.2) is 67.3 Å². The number of hydrogen-bond acceptors (Lipinski definition) is 5. The monoisotopic (exact) mass is 270 g/mol. The Hall–Kier alpha value is -1.30. The van der Waals surface area contributed by atoms with Crippen molar-refractivity contribution in [3.8, 4) is 0 Å². The molecule has 2 fully saturated rings. The molecule has 1 atom stereocenters. The van der Waals surface area contributed by atoms with Gasteiger partial charge < -0.3 is 14.4 Å². The summed E-state index contributed by atoms with van der Waals surface area (Å²) < 4.78 is 9.79. The molecule has 19 heavy (non-hydrogen) atoms. The smallest absolute Gasteiger partial charge is 0.409 e. The molecule has 0 aromatic carbocycles. The zero-order chi connectivity index (χ0) is 13.8. The fourth-order valence-corrected chi connectivity index (χ4v) is 2.83. The van der Waals surface area contributed by atoms with E-state index in [4.69, 9.17) is 9.47 Å². The fourth-order valence-electron chi connectivity index (χ4n) is 2.83. The third-order valence-corrected chi connectivity index (χ3v) is 3.99. The summed E-state index contributed by atoms with van der Waals surface area (Å²) >= 11 is 0. The van der Waals surface area contributed by atoms with Crippen LogP contribution in [0.5, 0.6) is 0 Å². The standard InChI is InChI=1S/C13H22N2O4/c1-3-19-13(17)14-7-4-10(5-8-14)15-9-6-11(15)12(16)18-2/h10-11H,3-9H2,1-2H3. The summed E-state index contributed by atoms with van der Waals surface area (Å²) in [6.45, 7) is 4.58. The average molecular weight is 270 g/mol. The van der Waals surface area contributed by atoms with E-state index in [-0.39, 0.29) is 18.1 Å². The molecule has 0 N–H and O–H groups in total. The van der Waals surface area contributed by atoms with Gasteiger partial charge in [0, 0.05) is 25.7 Å². The van der Waals surface area contributed by atoms with Gasteiger partial charge >= 0.3 is 12.1 Å². The highest BCUT2D eigenvalue weighted by Gasteiger charge is 2.40. The minimum Gasteiger partial charge on any atom is -0.468 e. The van der Waals surface area contributed by atoms with Crippen molar-refractivity contribution in [1.29, 1.82) is 0 Å². The van der Waals surface area contributed by atoms with Gasteiger partial charge in [-0.05, 0) is 26.2 Å². The Balaban J connectivity index is 1.80. The number of piperidine rings is 1. The van der Waals surface area contributed by atoms with Crippen LogP contribution in [0.4, 0.5) is 4.79 Å². The Morgan fingerprint density at radius 3 is 2.32 bits per heavy atom. The van der Waals surface area contributed by atoms with Crippen LogP contribution in [-0.2, 0) is 14.3 Å². The summed E-state index contributed by atoms with van der Waals surface area (Å²) in [6.07, 6.45) is 2.44. The van der Waals surface area contributed by atoms with Crippen LogP contribution in [0.3, 0.4) is 0 Å². The Morgan fingerprint density at radius 2 is 1.84 bits per heavy atom. The van der Waals surface area contributed by atoms with E-state index in [0.29, 0.717) is 25.7 Å². The molecular formula is C13H22N2O4. The summed E-state index contributed by atoms with van der Waals surface area (Å²) in [5.41, 5.74) is 0. The molecule has 1 unspecified atom stereocenters. The second-order valence-corrected chi connectivity index (χ2v) is 4.98. The van der Waals surface area contributed by atoms with E-state index < -0.39 is 0 Å². The molecule has 0 aliphatic carbocycles. The lowest BCUT2D eigenvalue weighted by molar-refractivity contribution is -0.154. The number of rotatable bonds is 3. The average Bonchev–Trinajstić information content (AvgIpc) is 2.38. The van der Waals surface area contributed by atoms with E-state index in [1.807, 2.05) is 6.92 Å². The molecular weight excluding hydrogens is 248 g/mol. The first-order chi connectivity index (χ1) is 9.17. The molecule has 2 heterocycles. The van der Waals surface area contributed by atoms with E-state index in [2.05, 4.69) is 4.90 Å². The molecule has 0 bridgehead atoms. The van der Waals surface area contributed by atoms with Crippen molar-refractivity contribution in [3.63, 3.8) is 0 Å². The van der Waals surface area contributed by atoms with Crippen LogP contribution in [0.1, 0.15) is 26.2 Å². The van der Waals surface area contributed by atoms with Gasteiger partial charge in [0.1, 0.15) is 6.04 Å². The first-order valence-corrected chi connectivity index (χ1v) is 6.92. The first-order valence-electron chi connectivity index (χ1n) is 6.92. The van der Waals surface area contributed by atoms with Crippen molar-refractivity contribution < 1.29 is 19.1 Å². The van der Waals surface area contributed by atoms with Crippen molar-refractivity contribution in [3.05, 3.63) is 0 Å². The van der Waals surface area contributed by atoms with Crippen molar-refractivity contribution in [1.82, 2.24) is 9.80 Å². The van der Waals surface area contributed by atoms with E-state index in [1.54, 1.807) is 4.90 Å². The lowest BCUT2D eigenvalue weighted by Gasteiger charge is -2.46. The number of methoxy groups -OCH3 is 1. The van der Waals surface area contributed by atoms with E-state index in [0.717, 1.165) is 25.8 Å². The first kappa shape index (κ1) is 14.1. The van der Waals surface area contributed by atoms with Crippen molar-refractivity contribution in [2.75, 3.05) is 33.4 Å². The maximum atomic E-state index is 11.6. The third kappa shape index (κ3) is 3.00. The Kier molecular flexibility index (Phi) is 4.63. The van der Waals surface area contributed by atoms with Gasteiger partial charge in [0.15, 0.2) is 0 Å². The van der Waals surface area contributed by atoms with Crippen LogP contribution >= 0.6 is 0 Å². The van der Waals surface area contributed by atoms with E-state index in [1.165, 1.54) is 7.11 Å². The van der Waals surface area contributed by atoms with E-state index >= 15 is 0 Å². The predicted octanol–water partition coefficient (Wildman–Crippen LogP) is 0.855. The van der Waals surface area contributed by atoms with Gasteiger partial charge in [0.05, 0.1) is 13.7 Å². The van der Waals surface area contributed by atoms with Crippen LogP contribution < -0.4 is 0 Å². The molecule has 1 amide bonds. The number of hydrogen-bond donors (Lipinski definition) is 0.